The van der Waals surface area contributed by atoms with Crippen LogP contribution >= 0.6 is 0 Å². The molecular weight excluding hydrogens is 351 g/mol. The number of hydrogen-bond donors (Lipinski definition) is 1. The summed E-state index contributed by atoms with van der Waals surface area (Å²) in [6.45, 7) is 2.16. The van der Waals surface area contributed by atoms with Crippen LogP contribution in [0.5, 0.6) is 5.75 Å². The summed E-state index contributed by atoms with van der Waals surface area (Å²) in [5.74, 6) is -0.422. The molecular formula is C20H21FN2O4. The summed E-state index contributed by atoms with van der Waals surface area (Å²) in [7, 11) is 0. The molecule has 142 valence electrons. The van der Waals surface area contributed by atoms with E-state index in [0.717, 1.165) is 5.56 Å². The number of amides is 2. The second-order valence-corrected chi connectivity index (χ2v) is 6.09. The first-order valence-electron chi connectivity index (χ1n) is 8.73. The fourth-order valence-corrected chi connectivity index (χ4v) is 2.70. The van der Waals surface area contributed by atoms with E-state index in [2.05, 4.69) is 5.32 Å². The number of hydrogen-bond acceptors (Lipinski definition) is 4. The van der Waals surface area contributed by atoms with Crippen molar-refractivity contribution < 1.29 is 23.5 Å². The third kappa shape index (κ3) is 5.27. The van der Waals surface area contributed by atoms with Gasteiger partial charge in [0, 0.05) is 19.6 Å². The summed E-state index contributed by atoms with van der Waals surface area (Å²) in [6.07, 6.45) is 0. The standard InChI is InChI=1S/C20H21FN2O4/c21-16-7-5-15(6-8-16)13-22-19(24)14-27-18-4-2-1-3-17(18)20(25)23-9-11-26-12-10-23/h1-8H,9-14H2,(H,22,24). The van der Waals surface area contributed by atoms with Crippen LogP contribution in [-0.4, -0.2) is 49.6 Å². The average molecular weight is 372 g/mol. The van der Waals surface area contributed by atoms with E-state index in [4.69, 9.17) is 9.47 Å². The van der Waals surface area contributed by atoms with E-state index in [1.807, 2.05) is 0 Å². The Hall–Kier alpha value is -2.93. The lowest BCUT2D eigenvalue weighted by molar-refractivity contribution is -0.123. The van der Waals surface area contributed by atoms with E-state index < -0.39 is 0 Å². The van der Waals surface area contributed by atoms with Crippen LogP contribution < -0.4 is 10.1 Å². The molecule has 0 unspecified atom stereocenters. The molecule has 7 heteroatoms. The fraction of sp³-hybridized carbons (Fsp3) is 0.300. The van der Waals surface area contributed by atoms with Gasteiger partial charge in [0.2, 0.25) is 0 Å². The normalized spacial score (nSPS) is 13.9. The summed E-state index contributed by atoms with van der Waals surface area (Å²) in [4.78, 5) is 26.4. The summed E-state index contributed by atoms with van der Waals surface area (Å²) >= 11 is 0. The predicted octanol–water partition coefficient (Wildman–Crippen LogP) is 1.99. The molecule has 1 saturated heterocycles. The maximum absolute atomic E-state index is 12.9. The molecule has 1 fully saturated rings. The van der Waals surface area contributed by atoms with Gasteiger partial charge in [-0.15, -0.1) is 0 Å². The van der Waals surface area contributed by atoms with Crippen molar-refractivity contribution in [3.05, 3.63) is 65.5 Å². The van der Waals surface area contributed by atoms with Crippen molar-refractivity contribution in [3.63, 3.8) is 0 Å². The number of halogens is 1. The van der Waals surface area contributed by atoms with Crippen LogP contribution in [0.25, 0.3) is 0 Å². The van der Waals surface area contributed by atoms with Crippen LogP contribution in [0.3, 0.4) is 0 Å². The Morgan fingerprint density at radius 3 is 2.52 bits per heavy atom. The van der Waals surface area contributed by atoms with Gasteiger partial charge in [0.15, 0.2) is 6.61 Å². The molecule has 2 aromatic carbocycles. The topological polar surface area (TPSA) is 67.9 Å². The molecule has 6 nitrogen and oxygen atoms in total. The molecule has 3 rings (SSSR count). The zero-order valence-corrected chi connectivity index (χ0v) is 14.8. The smallest absolute Gasteiger partial charge is 0.258 e. The van der Waals surface area contributed by atoms with E-state index in [1.54, 1.807) is 41.3 Å². The van der Waals surface area contributed by atoms with Gasteiger partial charge in [-0.25, -0.2) is 4.39 Å². The maximum Gasteiger partial charge on any atom is 0.258 e. The van der Waals surface area contributed by atoms with Crippen LogP contribution in [0.1, 0.15) is 15.9 Å². The number of benzene rings is 2. The lowest BCUT2D eigenvalue weighted by atomic mass is 10.1. The lowest BCUT2D eigenvalue weighted by Crippen LogP contribution is -2.40. The highest BCUT2D eigenvalue weighted by Gasteiger charge is 2.21. The van der Waals surface area contributed by atoms with Crippen molar-refractivity contribution in [1.82, 2.24) is 10.2 Å². The monoisotopic (exact) mass is 372 g/mol. The highest BCUT2D eigenvalue weighted by Crippen LogP contribution is 2.20. The summed E-state index contributed by atoms with van der Waals surface area (Å²) < 4.78 is 23.7. The Morgan fingerprint density at radius 2 is 1.78 bits per heavy atom. The van der Waals surface area contributed by atoms with Gasteiger partial charge in [0.05, 0.1) is 18.8 Å². The Bertz CT molecular complexity index is 789. The van der Waals surface area contributed by atoms with Crippen molar-refractivity contribution in [2.75, 3.05) is 32.9 Å². The minimum absolute atomic E-state index is 0.138. The van der Waals surface area contributed by atoms with Crippen LogP contribution in [0, 0.1) is 5.82 Å². The molecule has 1 aliphatic rings. The van der Waals surface area contributed by atoms with E-state index in [9.17, 15) is 14.0 Å². The molecule has 1 heterocycles. The molecule has 1 N–H and O–H groups in total. The fourth-order valence-electron chi connectivity index (χ4n) is 2.70. The minimum Gasteiger partial charge on any atom is -0.483 e. The van der Waals surface area contributed by atoms with Crippen LogP contribution in [-0.2, 0) is 16.1 Å². The van der Waals surface area contributed by atoms with E-state index in [0.29, 0.717) is 37.6 Å². The molecule has 2 amide bonds. The molecule has 0 bridgehead atoms. The van der Waals surface area contributed by atoms with E-state index in [1.165, 1.54) is 12.1 Å². The molecule has 0 radical (unpaired) electrons. The second-order valence-electron chi connectivity index (χ2n) is 6.09. The van der Waals surface area contributed by atoms with Gasteiger partial charge < -0.3 is 19.7 Å². The lowest BCUT2D eigenvalue weighted by Gasteiger charge is -2.27. The van der Waals surface area contributed by atoms with E-state index in [-0.39, 0.29) is 30.8 Å². The van der Waals surface area contributed by atoms with Crippen LogP contribution in [0.15, 0.2) is 48.5 Å². The number of morpholine rings is 1. The third-order valence-electron chi connectivity index (χ3n) is 4.18. The van der Waals surface area contributed by atoms with Gasteiger partial charge >= 0.3 is 0 Å². The van der Waals surface area contributed by atoms with Crippen LogP contribution in [0.2, 0.25) is 0 Å². The van der Waals surface area contributed by atoms with Gasteiger partial charge in [-0.05, 0) is 29.8 Å². The average Bonchev–Trinajstić information content (AvgIpc) is 2.72. The first-order chi connectivity index (χ1) is 13.1. The molecule has 2 aromatic rings. The molecule has 0 aliphatic carbocycles. The van der Waals surface area contributed by atoms with Gasteiger partial charge in [0.1, 0.15) is 11.6 Å². The zero-order valence-electron chi connectivity index (χ0n) is 14.8. The van der Waals surface area contributed by atoms with Crippen molar-refractivity contribution in [3.8, 4) is 5.75 Å². The Kier molecular flexibility index (Phi) is 6.38. The van der Waals surface area contributed by atoms with Crippen molar-refractivity contribution in [1.29, 1.82) is 0 Å². The largest absolute Gasteiger partial charge is 0.483 e. The number of carbonyl (C=O) groups is 2. The SMILES string of the molecule is O=C(COc1ccccc1C(=O)N1CCOCC1)NCc1ccc(F)cc1. The number of rotatable bonds is 6. The highest BCUT2D eigenvalue weighted by atomic mass is 19.1. The first-order valence-corrected chi connectivity index (χ1v) is 8.73. The highest BCUT2D eigenvalue weighted by molar-refractivity contribution is 5.97. The number of para-hydroxylation sites is 1. The zero-order chi connectivity index (χ0) is 19.1. The number of ether oxygens (including phenoxy) is 2. The number of nitrogens with one attached hydrogen (secondary N) is 1. The van der Waals surface area contributed by atoms with Crippen molar-refractivity contribution in [2.24, 2.45) is 0 Å². The van der Waals surface area contributed by atoms with E-state index >= 15 is 0 Å². The van der Waals surface area contributed by atoms with Crippen molar-refractivity contribution >= 4 is 11.8 Å². The summed E-state index contributed by atoms with van der Waals surface area (Å²) in [5, 5.41) is 2.70. The number of carbonyl (C=O) groups excluding carboxylic acids is 2. The van der Waals surface area contributed by atoms with Crippen LogP contribution in [0.4, 0.5) is 4.39 Å². The molecule has 0 saturated carbocycles. The Morgan fingerprint density at radius 1 is 1.07 bits per heavy atom. The van der Waals surface area contributed by atoms with Crippen molar-refractivity contribution in [2.45, 2.75) is 6.54 Å². The molecule has 1 aliphatic heterocycles. The van der Waals surface area contributed by atoms with Gasteiger partial charge in [-0.1, -0.05) is 24.3 Å². The molecule has 0 aromatic heterocycles. The molecule has 0 atom stereocenters. The third-order valence-corrected chi connectivity index (χ3v) is 4.18. The quantitative estimate of drug-likeness (QED) is 0.842. The maximum atomic E-state index is 12.9. The molecule has 27 heavy (non-hydrogen) atoms. The predicted molar refractivity (Wildman–Crippen MR) is 96.9 cm³/mol. The summed E-state index contributed by atoms with van der Waals surface area (Å²) in [5.41, 5.74) is 1.21. The Labute approximate surface area is 156 Å². The first kappa shape index (κ1) is 18.8. The van der Waals surface area contributed by atoms with Gasteiger partial charge in [-0.3, -0.25) is 9.59 Å². The van der Waals surface area contributed by atoms with Gasteiger partial charge in [0.25, 0.3) is 11.8 Å². The molecule has 0 spiro atoms. The minimum atomic E-state index is -0.326. The second kappa shape index (κ2) is 9.14. The van der Waals surface area contributed by atoms with Gasteiger partial charge in [-0.2, -0.15) is 0 Å². The summed E-state index contributed by atoms with van der Waals surface area (Å²) in [6, 6.07) is 12.7. The number of nitrogens with zero attached hydrogens (tertiary/aromatic N) is 1. The Balaban J connectivity index is 1.55.